The van der Waals surface area contributed by atoms with Crippen molar-refractivity contribution in [2.45, 2.75) is 6.92 Å². The van der Waals surface area contributed by atoms with Crippen LogP contribution in [-0.4, -0.2) is 27.2 Å². The monoisotopic (exact) mass is 361 g/mol. The third-order valence-corrected chi connectivity index (χ3v) is 3.56. The van der Waals surface area contributed by atoms with Crippen molar-refractivity contribution in [1.82, 2.24) is 0 Å². The third kappa shape index (κ3) is 6.31. The van der Waals surface area contributed by atoms with Crippen LogP contribution in [0, 0.1) is 0 Å². The van der Waals surface area contributed by atoms with E-state index in [2.05, 4.69) is 4.72 Å². The molecule has 0 saturated carbocycles. The number of para-hydroxylation sites is 1. The number of esters is 1. The van der Waals surface area contributed by atoms with E-state index in [0.717, 1.165) is 6.26 Å². The molecule has 2 aromatic rings. The Bertz CT molecular complexity index is 860. The Hall–Kier alpha value is -2.80. The Morgan fingerprint density at radius 1 is 1.16 bits per heavy atom. The molecule has 132 valence electrons. The lowest BCUT2D eigenvalue weighted by molar-refractivity contribution is -0.137. The average molecular weight is 361 g/mol. The van der Waals surface area contributed by atoms with Crippen LogP contribution in [0.2, 0.25) is 0 Å². The SMILES string of the molecule is CCOC(=O)/C=C/c1ccc(NS(C)(=O)=O)c(Oc2ccccc2)c1. The lowest BCUT2D eigenvalue weighted by atomic mass is 10.1. The van der Waals surface area contributed by atoms with Gasteiger partial charge in [0.15, 0.2) is 5.75 Å². The zero-order chi connectivity index (χ0) is 18.3. The lowest BCUT2D eigenvalue weighted by Crippen LogP contribution is -2.10. The highest BCUT2D eigenvalue weighted by Gasteiger charge is 2.10. The van der Waals surface area contributed by atoms with E-state index in [1.165, 1.54) is 6.08 Å². The minimum Gasteiger partial charge on any atom is -0.463 e. The van der Waals surface area contributed by atoms with Crippen molar-refractivity contribution < 1.29 is 22.7 Å². The van der Waals surface area contributed by atoms with Crippen LogP contribution in [0.15, 0.2) is 54.6 Å². The number of rotatable bonds is 7. The van der Waals surface area contributed by atoms with E-state index >= 15 is 0 Å². The summed E-state index contributed by atoms with van der Waals surface area (Å²) in [4.78, 5) is 11.4. The van der Waals surface area contributed by atoms with Gasteiger partial charge in [0.1, 0.15) is 5.75 Å². The van der Waals surface area contributed by atoms with Gasteiger partial charge in [-0.2, -0.15) is 0 Å². The summed E-state index contributed by atoms with van der Waals surface area (Å²) < 4.78 is 36.1. The van der Waals surface area contributed by atoms with Gasteiger partial charge in [-0.1, -0.05) is 24.3 Å². The van der Waals surface area contributed by atoms with E-state index in [1.54, 1.807) is 43.3 Å². The zero-order valence-corrected chi connectivity index (χ0v) is 14.7. The molecule has 0 aromatic heterocycles. The highest BCUT2D eigenvalue weighted by molar-refractivity contribution is 7.92. The molecule has 2 rings (SSSR count). The van der Waals surface area contributed by atoms with Crippen molar-refractivity contribution in [2.75, 3.05) is 17.6 Å². The van der Waals surface area contributed by atoms with Gasteiger partial charge in [-0.05, 0) is 42.8 Å². The second-order valence-corrected chi connectivity index (χ2v) is 6.88. The topological polar surface area (TPSA) is 81.7 Å². The first-order valence-corrected chi connectivity index (χ1v) is 9.46. The maximum absolute atomic E-state index is 11.5. The van der Waals surface area contributed by atoms with Gasteiger partial charge in [0.2, 0.25) is 10.0 Å². The Balaban J connectivity index is 2.33. The molecule has 0 radical (unpaired) electrons. The van der Waals surface area contributed by atoms with Crippen LogP contribution in [0.3, 0.4) is 0 Å². The van der Waals surface area contributed by atoms with E-state index in [0.29, 0.717) is 29.4 Å². The second-order valence-electron chi connectivity index (χ2n) is 5.13. The number of ether oxygens (including phenoxy) is 2. The smallest absolute Gasteiger partial charge is 0.330 e. The number of sulfonamides is 1. The molecule has 6 nitrogen and oxygen atoms in total. The number of benzene rings is 2. The highest BCUT2D eigenvalue weighted by Crippen LogP contribution is 2.31. The van der Waals surface area contributed by atoms with Crippen molar-refractivity contribution in [2.24, 2.45) is 0 Å². The summed E-state index contributed by atoms with van der Waals surface area (Å²) in [5, 5.41) is 0. The number of hydrogen-bond donors (Lipinski definition) is 1. The minimum atomic E-state index is -3.46. The first kappa shape index (κ1) is 18.5. The molecule has 0 bridgehead atoms. The molecule has 0 unspecified atom stereocenters. The maximum atomic E-state index is 11.5. The fourth-order valence-electron chi connectivity index (χ4n) is 1.98. The Labute approximate surface area is 147 Å². The first-order valence-electron chi connectivity index (χ1n) is 7.57. The molecular formula is C18H19NO5S. The number of hydrogen-bond acceptors (Lipinski definition) is 5. The van der Waals surface area contributed by atoms with E-state index in [4.69, 9.17) is 9.47 Å². The molecule has 1 N–H and O–H groups in total. The van der Waals surface area contributed by atoms with Gasteiger partial charge in [-0.15, -0.1) is 0 Å². The van der Waals surface area contributed by atoms with E-state index in [9.17, 15) is 13.2 Å². The normalized spacial score (nSPS) is 11.3. The summed E-state index contributed by atoms with van der Waals surface area (Å²) in [6.45, 7) is 2.02. The van der Waals surface area contributed by atoms with Crippen LogP contribution in [0.5, 0.6) is 11.5 Å². The molecule has 25 heavy (non-hydrogen) atoms. The molecule has 0 heterocycles. The van der Waals surface area contributed by atoms with Crippen molar-refractivity contribution >= 4 is 27.8 Å². The van der Waals surface area contributed by atoms with Gasteiger partial charge in [0.05, 0.1) is 18.6 Å². The number of anilines is 1. The molecule has 0 aliphatic rings. The predicted molar refractivity (Wildman–Crippen MR) is 97.1 cm³/mol. The van der Waals surface area contributed by atoms with Crippen LogP contribution >= 0.6 is 0 Å². The average Bonchev–Trinajstić information content (AvgIpc) is 2.55. The molecule has 0 atom stereocenters. The second kappa shape index (κ2) is 8.34. The Kier molecular flexibility index (Phi) is 6.19. The van der Waals surface area contributed by atoms with Crippen molar-refractivity contribution in [3.63, 3.8) is 0 Å². The standard InChI is InChI=1S/C18H19NO5S/c1-3-23-18(20)12-10-14-9-11-16(19-25(2,21)22)17(13-14)24-15-7-5-4-6-8-15/h4-13,19H,3H2,1-2H3/b12-10+. The molecular weight excluding hydrogens is 342 g/mol. The van der Waals surface area contributed by atoms with Crippen molar-refractivity contribution in [3.8, 4) is 11.5 Å². The highest BCUT2D eigenvalue weighted by atomic mass is 32.2. The fraction of sp³-hybridized carbons (Fsp3) is 0.167. The summed E-state index contributed by atoms with van der Waals surface area (Å²) in [5.74, 6) is 0.430. The van der Waals surface area contributed by atoms with Gasteiger partial charge in [0.25, 0.3) is 0 Å². The molecule has 2 aromatic carbocycles. The van der Waals surface area contributed by atoms with Crippen LogP contribution in [0.25, 0.3) is 6.08 Å². The van der Waals surface area contributed by atoms with Crippen LogP contribution in [0.1, 0.15) is 12.5 Å². The Morgan fingerprint density at radius 2 is 1.88 bits per heavy atom. The summed E-state index contributed by atoms with van der Waals surface area (Å²) in [6.07, 6.45) is 3.93. The van der Waals surface area contributed by atoms with Gasteiger partial charge < -0.3 is 9.47 Å². The zero-order valence-electron chi connectivity index (χ0n) is 13.9. The van der Waals surface area contributed by atoms with Gasteiger partial charge in [0, 0.05) is 6.08 Å². The van der Waals surface area contributed by atoms with Crippen molar-refractivity contribution in [3.05, 3.63) is 60.2 Å². The summed E-state index contributed by atoms with van der Waals surface area (Å²) in [7, 11) is -3.46. The van der Waals surface area contributed by atoms with Crippen LogP contribution < -0.4 is 9.46 Å². The summed E-state index contributed by atoms with van der Waals surface area (Å²) in [5.41, 5.74) is 0.970. The summed E-state index contributed by atoms with van der Waals surface area (Å²) >= 11 is 0. The molecule has 0 aliphatic heterocycles. The van der Waals surface area contributed by atoms with Crippen LogP contribution in [-0.2, 0) is 19.6 Å². The molecule has 0 saturated heterocycles. The Morgan fingerprint density at radius 3 is 2.52 bits per heavy atom. The van der Waals surface area contributed by atoms with E-state index in [1.807, 2.05) is 18.2 Å². The predicted octanol–water partition coefficient (Wildman–Crippen LogP) is 3.43. The van der Waals surface area contributed by atoms with Gasteiger partial charge >= 0.3 is 5.97 Å². The van der Waals surface area contributed by atoms with E-state index in [-0.39, 0.29) is 0 Å². The quantitative estimate of drug-likeness (QED) is 0.603. The van der Waals surface area contributed by atoms with Gasteiger partial charge in [-0.25, -0.2) is 13.2 Å². The number of nitrogens with one attached hydrogen (secondary N) is 1. The fourth-order valence-corrected chi connectivity index (χ4v) is 2.55. The van der Waals surface area contributed by atoms with Gasteiger partial charge in [-0.3, -0.25) is 4.72 Å². The lowest BCUT2D eigenvalue weighted by Gasteiger charge is -2.13. The third-order valence-electron chi connectivity index (χ3n) is 2.97. The minimum absolute atomic E-state index is 0.294. The number of carbonyl (C=O) groups excluding carboxylic acids is 1. The molecule has 0 spiro atoms. The number of carbonyl (C=O) groups is 1. The van der Waals surface area contributed by atoms with Crippen molar-refractivity contribution in [1.29, 1.82) is 0 Å². The maximum Gasteiger partial charge on any atom is 0.330 e. The largest absolute Gasteiger partial charge is 0.463 e. The molecule has 7 heteroatoms. The molecule has 0 aliphatic carbocycles. The van der Waals surface area contributed by atoms with E-state index < -0.39 is 16.0 Å². The molecule has 0 fully saturated rings. The van der Waals surface area contributed by atoms with Crippen LogP contribution in [0.4, 0.5) is 5.69 Å². The molecule has 0 amide bonds. The summed E-state index contributed by atoms with van der Waals surface area (Å²) in [6, 6.07) is 13.9. The first-order chi connectivity index (χ1) is 11.9.